The van der Waals surface area contributed by atoms with Crippen molar-refractivity contribution in [1.29, 1.82) is 0 Å². The number of nitrogens with zero attached hydrogens (tertiary/aromatic N) is 1. The van der Waals surface area contributed by atoms with Crippen molar-refractivity contribution in [1.82, 2.24) is 0 Å². The maximum Gasteiger partial charge on any atom is 0.261 e. The zero-order valence-corrected chi connectivity index (χ0v) is 12.2. The molecule has 1 aliphatic heterocycles. The minimum Gasteiger partial charge on any atom is -0.498 e. The van der Waals surface area contributed by atoms with E-state index >= 15 is 0 Å². The SMILES string of the molecule is O=C1C2=C(CCCC2)C(=O)N1c1cc(C(O)=S)c(F)cc1F. The Labute approximate surface area is 130 Å². The predicted molar refractivity (Wildman–Crippen MR) is 78.7 cm³/mol. The Morgan fingerprint density at radius 1 is 1.05 bits per heavy atom. The van der Waals surface area contributed by atoms with Crippen molar-refractivity contribution >= 4 is 34.8 Å². The molecule has 0 atom stereocenters. The van der Waals surface area contributed by atoms with Crippen LogP contribution in [-0.2, 0) is 9.59 Å². The zero-order valence-electron chi connectivity index (χ0n) is 11.4. The van der Waals surface area contributed by atoms with Crippen LogP contribution in [0.3, 0.4) is 0 Å². The maximum atomic E-state index is 14.0. The molecule has 2 amide bonds. The number of aliphatic hydroxyl groups excluding tert-OH is 1. The molecule has 3 rings (SSSR count). The highest BCUT2D eigenvalue weighted by Gasteiger charge is 2.41. The standard InChI is InChI=1S/C15H11F2NO3S/c16-10-6-11(17)12(5-9(10)15(21)22)18-13(19)7-3-1-2-4-8(7)14(18)20/h5-6H,1-4H2,(H,21,22). The number of imide groups is 1. The lowest BCUT2D eigenvalue weighted by atomic mass is 9.93. The number of anilines is 1. The van der Waals surface area contributed by atoms with Crippen LogP contribution in [0.25, 0.3) is 0 Å². The summed E-state index contributed by atoms with van der Waals surface area (Å²) in [6.07, 6.45) is 2.54. The monoisotopic (exact) mass is 323 g/mol. The molecule has 0 bridgehead atoms. The third-order valence-electron chi connectivity index (χ3n) is 3.90. The van der Waals surface area contributed by atoms with Gasteiger partial charge in [0.15, 0.2) is 5.05 Å². The summed E-state index contributed by atoms with van der Waals surface area (Å²) in [5.74, 6) is -3.27. The van der Waals surface area contributed by atoms with Gasteiger partial charge in [0.2, 0.25) is 0 Å². The molecule has 0 saturated heterocycles. The predicted octanol–water partition coefficient (Wildman–Crippen LogP) is 2.94. The van der Waals surface area contributed by atoms with Gasteiger partial charge in [-0.2, -0.15) is 0 Å². The lowest BCUT2D eigenvalue weighted by Gasteiger charge is -2.17. The second-order valence-corrected chi connectivity index (χ2v) is 5.59. The van der Waals surface area contributed by atoms with E-state index < -0.39 is 39.8 Å². The third-order valence-corrected chi connectivity index (χ3v) is 4.12. The molecule has 2 aliphatic rings. The topological polar surface area (TPSA) is 57.6 Å². The van der Waals surface area contributed by atoms with E-state index in [1.54, 1.807) is 0 Å². The second-order valence-electron chi connectivity index (χ2n) is 5.20. The fourth-order valence-corrected chi connectivity index (χ4v) is 2.99. The van der Waals surface area contributed by atoms with Gasteiger partial charge in [-0.3, -0.25) is 9.59 Å². The minimum atomic E-state index is -1.06. The normalized spacial score (nSPS) is 18.0. The van der Waals surface area contributed by atoms with Crippen LogP contribution < -0.4 is 4.90 Å². The van der Waals surface area contributed by atoms with Crippen LogP contribution in [0.1, 0.15) is 31.2 Å². The zero-order chi connectivity index (χ0) is 16.0. The van der Waals surface area contributed by atoms with Crippen molar-refractivity contribution in [2.45, 2.75) is 25.7 Å². The fraction of sp³-hybridized carbons (Fsp3) is 0.267. The van der Waals surface area contributed by atoms with Gasteiger partial charge in [0.05, 0.1) is 11.3 Å². The van der Waals surface area contributed by atoms with Crippen LogP contribution >= 0.6 is 12.2 Å². The fourth-order valence-electron chi connectivity index (χ4n) is 2.83. The molecule has 114 valence electrons. The first-order valence-electron chi connectivity index (χ1n) is 6.75. The van der Waals surface area contributed by atoms with Crippen LogP contribution in [0, 0.1) is 11.6 Å². The van der Waals surface area contributed by atoms with E-state index in [1.165, 1.54) is 0 Å². The Hall–Kier alpha value is -2.15. The van der Waals surface area contributed by atoms with Crippen molar-refractivity contribution < 1.29 is 23.5 Å². The summed E-state index contributed by atoms with van der Waals surface area (Å²) in [4.78, 5) is 25.4. The van der Waals surface area contributed by atoms with Crippen molar-refractivity contribution in [2.24, 2.45) is 0 Å². The Morgan fingerprint density at radius 3 is 2.09 bits per heavy atom. The van der Waals surface area contributed by atoms with Crippen LogP contribution in [-0.4, -0.2) is 22.0 Å². The van der Waals surface area contributed by atoms with E-state index in [0.29, 0.717) is 35.0 Å². The van der Waals surface area contributed by atoms with E-state index in [9.17, 15) is 23.5 Å². The van der Waals surface area contributed by atoms with Crippen LogP contribution in [0.2, 0.25) is 0 Å². The summed E-state index contributed by atoms with van der Waals surface area (Å²) in [6.45, 7) is 0. The molecule has 22 heavy (non-hydrogen) atoms. The lowest BCUT2D eigenvalue weighted by molar-refractivity contribution is -0.120. The Balaban J connectivity index is 2.09. The molecule has 0 aromatic heterocycles. The summed E-state index contributed by atoms with van der Waals surface area (Å²) < 4.78 is 27.6. The number of aliphatic hydroxyl groups is 1. The number of rotatable bonds is 2. The van der Waals surface area contributed by atoms with E-state index in [1.807, 2.05) is 0 Å². The first-order chi connectivity index (χ1) is 10.4. The average molecular weight is 323 g/mol. The van der Waals surface area contributed by atoms with Crippen molar-refractivity contribution in [2.75, 3.05) is 4.90 Å². The molecule has 0 radical (unpaired) electrons. The van der Waals surface area contributed by atoms with Gasteiger partial charge in [0.1, 0.15) is 11.6 Å². The molecule has 4 nitrogen and oxygen atoms in total. The number of carbonyl (C=O) groups is 2. The van der Waals surface area contributed by atoms with E-state index in [4.69, 9.17) is 0 Å². The lowest BCUT2D eigenvalue weighted by Crippen LogP contribution is -2.32. The Morgan fingerprint density at radius 2 is 1.59 bits per heavy atom. The van der Waals surface area contributed by atoms with Gasteiger partial charge in [-0.25, -0.2) is 13.7 Å². The molecular formula is C15H11F2NO3S. The maximum absolute atomic E-state index is 14.0. The first-order valence-corrected chi connectivity index (χ1v) is 7.15. The van der Waals surface area contributed by atoms with Crippen LogP contribution in [0.5, 0.6) is 0 Å². The number of benzene rings is 1. The average Bonchev–Trinajstić information content (AvgIpc) is 2.72. The van der Waals surface area contributed by atoms with Gasteiger partial charge < -0.3 is 5.11 Å². The number of hydrogen-bond acceptors (Lipinski definition) is 3. The van der Waals surface area contributed by atoms with Crippen molar-refractivity contribution in [3.05, 3.63) is 40.5 Å². The van der Waals surface area contributed by atoms with E-state index in [-0.39, 0.29) is 0 Å². The van der Waals surface area contributed by atoms with Crippen molar-refractivity contribution in [3.63, 3.8) is 0 Å². The quantitative estimate of drug-likeness (QED) is 0.671. The number of hydrogen-bond donors (Lipinski definition) is 1. The first kappa shape index (κ1) is 14.8. The second kappa shape index (κ2) is 5.24. The number of halogens is 2. The van der Waals surface area contributed by atoms with Crippen molar-refractivity contribution in [3.8, 4) is 0 Å². The molecule has 0 unspecified atom stereocenters. The molecule has 1 aliphatic carbocycles. The highest BCUT2D eigenvalue weighted by atomic mass is 32.1. The van der Waals surface area contributed by atoms with Gasteiger partial charge in [-0.15, -0.1) is 0 Å². The number of carbonyl (C=O) groups excluding carboxylic acids is 2. The summed E-state index contributed by atoms with van der Waals surface area (Å²) in [7, 11) is 0. The highest BCUT2D eigenvalue weighted by molar-refractivity contribution is 7.80. The van der Waals surface area contributed by atoms with Gasteiger partial charge >= 0.3 is 0 Å². The number of thiocarbonyl (C=S) groups is 1. The summed E-state index contributed by atoms with van der Waals surface area (Å²) in [6, 6.07) is 1.40. The summed E-state index contributed by atoms with van der Waals surface area (Å²) in [5, 5.41) is 8.50. The molecule has 1 N–H and O–H groups in total. The molecule has 0 spiro atoms. The van der Waals surface area contributed by atoms with Crippen LogP contribution in [0.15, 0.2) is 23.3 Å². The molecule has 0 saturated carbocycles. The Bertz CT molecular complexity index is 729. The van der Waals surface area contributed by atoms with Crippen LogP contribution in [0.4, 0.5) is 14.5 Å². The van der Waals surface area contributed by atoms with Gasteiger partial charge in [-0.1, -0.05) is 0 Å². The Kier molecular flexibility index (Phi) is 3.52. The van der Waals surface area contributed by atoms with E-state index in [0.717, 1.165) is 18.9 Å². The molecule has 7 heteroatoms. The molecular weight excluding hydrogens is 312 g/mol. The third kappa shape index (κ3) is 2.12. The van der Waals surface area contributed by atoms with Gasteiger partial charge in [0.25, 0.3) is 11.8 Å². The minimum absolute atomic E-state index is 0.391. The molecule has 0 fully saturated rings. The molecule has 1 aromatic carbocycles. The summed E-state index contributed by atoms with van der Waals surface area (Å²) in [5.41, 5.74) is -0.0183. The summed E-state index contributed by atoms with van der Waals surface area (Å²) >= 11 is 4.48. The largest absolute Gasteiger partial charge is 0.498 e. The molecule has 1 heterocycles. The van der Waals surface area contributed by atoms with Gasteiger partial charge in [0, 0.05) is 17.2 Å². The number of amides is 2. The van der Waals surface area contributed by atoms with E-state index in [2.05, 4.69) is 12.2 Å². The molecule has 1 aromatic rings. The smallest absolute Gasteiger partial charge is 0.261 e. The van der Waals surface area contributed by atoms with Gasteiger partial charge in [-0.05, 0) is 44.0 Å². The highest BCUT2D eigenvalue weighted by Crippen LogP contribution is 2.37.